The number of likely N-dealkylation sites (tertiary alicyclic amines) is 3. The van der Waals surface area contributed by atoms with Gasteiger partial charge in [0, 0.05) is 56.2 Å². The lowest BCUT2D eigenvalue weighted by atomic mass is 9.91. The highest BCUT2D eigenvalue weighted by atomic mass is 16.5. The third-order valence-corrected chi connectivity index (χ3v) is 8.88. The third kappa shape index (κ3) is 6.25. The number of carbonyl (C=O) groups is 1. The molecule has 1 atom stereocenters. The van der Waals surface area contributed by atoms with Gasteiger partial charge in [0.1, 0.15) is 18.2 Å². The van der Waals surface area contributed by atoms with E-state index in [-0.39, 0.29) is 12.2 Å². The fourth-order valence-corrected chi connectivity index (χ4v) is 6.35. The van der Waals surface area contributed by atoms with Crippen LogP contribution in [0.3, 0.4) is 0 Å². The van der Waals surface area contributed by atoms with Crippen molar-refractivity contribution < 1.29 is 9.53 Å². The molecule has 0 spiro atoms. The first kappa shape index (κ1) is 26.2. The Hall–Kier alpha value is -3.04. The van der Waals surface area contributed by atoms with Gasteiger partial charge in [0.25, 0.3) is 0 Å². The van der Waals surface area contributed by atoms with Crippen LogP contribution in [-0.2, 0) is 0 Å². The van der Waals surface area contributed by atoms with Crippen LogP contribution in [-0.4, -0.2) is 96.0 Å². The molecule has 1 unspecified atom stereocenters. The highest BCUT2D eigenvalue weighted by Crippen LogP contribution is 2.32. The molecule has 1 N–H and O–H groups in total. The summed E-state index contributed by atoms with van der Waals surface area (Å²) < 4.78 is 6.16. The summed E-state index contributed by atoms with van der Waals surface area (Å²) in [6.07, 6.45) is 13.4. The predicted molar refractivity (Wildman–Crippen MR) is 153 cm³/mol. The number of allylic oxidation sites excluding steroid dienone is 1. The summed E-state index contributed by atoms with van der Waals surface area (Å²) in [6, 6.07) is 6.18. The van der Waals surface area contributed by atoms with Gasteiger partial charge in [-0.2, -0.15) is 0 Å². The van der Waals surface area contributed by atoms with Crippen LogP contribution in [0.15, 0.2) is 41.3 Å². The molecule has 0 radical (unpaired) electrons. The second-order valence-electron chi connectivity index (χ2n) is 11.6. The van der Waals surface area contributed by atoms with Crippen molar-refractivity contribution in [1.82, 2.24) is 30.0 Å². The maximum absolute atomic E-state index is 12.9. The van der Waals surface area contributed by atoms with E-state index < -0.39 is 0 Å². The molecule has 1 aromatic carbocycles. The number of aromatic nitrogens is 2. The van der Waals surface area contributed by atoms with Crippen molar-refractivity contribution in [2.75, 3.05) is 52.9 Å². The molecule has 39 heavy (non-hydrogen) atoms. The maximum Gasteiger partial charge on any atom is 0.321 e. The van der Waals surface area contributed by atoms with E-state index in [1.165, 1.54) is 25.7 Å². The fraction of sp³-hybridized carbons (Fsp3) is 0.600. The number of urea groups is 1. The molecular formula is C30H41N7O2. The molecule has 4 aliphatic heterocycles. The smallest absolute Gasteiger partial charge is 0.321 e. The van der Waals surface area contributed by atoms with E-state index in [1.54, 1.807) is 6.33 Å². The second kappa shape index (κ2) is 12.0. The Bertz CT molecular complexity index is 1210. The summed E-state index contributed by atoms with van der Waals surface area (Å²) in [4.78, 5) is 33.6. The number of piperidine rings is 2. The molecule has 5 heterocycles. The quantitative estimate of drug-likeness (QED) is 0.606. The monoisotopic (exact) mass is 531 g/mol. The number of amides is 2. The first-order valence-corrected chi connectivity index (χ1v) is 14.7. The summed E-state index contributed by atoms with van der Waals surface area (Å²) >= 11 is 0. The third-order valence-electron chi connectivity index (χ3n) is 8.88. The van der Waals surface area contributed by atoms with Crippen LogP contribution in [0.1, 0.15) is 56.6 Å². The van der Waals surface area contributed by atoms with Crippen molar-refractivity contribution in [3.8, 4) is 5.75 Å². The summed E-state index contributed by atoms with van der Waals surface area (Å²) in [5, 5.41) is 4.15. The van der Waals surface area contributed by atoms with Gasteiger partial charge in [0.2, 0.25) is 0 Å². The van der Waals surface area contributed by atoms with Crippen molar-refractivity contribution in [3.05, 3.63) is 42.0 Å². The Kier molecular flexibility index (Phi) is 8.06. The molecule has 208 valence electrons. The SMILES string of the molecule is CN1CCC(COc2ccc3c(C4CCN(C(=O)NC5=CCC(N6CCCC6)N=C5)CC4)ncnc3c2)CC1. The number of rotatable bonds is 6. The number of fused-ring (bicyclic) bond motifs is 1. The van der Waals surface area contributed by atoms with Crippen molar-refractivity contribution in [3.63, 3.8) is 0 Å². The van der Waals surface area contributed by atoms with Gasteiger partial charge in [0.15, 0.2) is 0 Å². The zero-order valence-electron chi connectivity index (χ0n) is 23.1. The van der Waals surface area contributed by atoms with Gasteiger partial charge in [-0.1, -0.05) is 6.08 Å². The highest BCUT2D eigenvalue weighted by Gasteiger charge is 2.27. The predicted octanol–water partition coefficient (Wildman–Crippen LogP) is 4.02. The van der Waals surface area contributed by atoms with E-state index >= 15 is 0 Å². The molecule has 0 bridgehead atoms. The lowest BCUT2D eigenvalue weighted by Crippen LogP contribution is -2.44. The summed E-state index contributed by atoms with van der Waals surface area (Å²) in [7, 11) is 2.19. The lowest BCUT2D eigenvalue weighted by molar-refractivity contribution is 0.160. The summed E-state index contributed by atoms with van der Waals surface area (Å²) in [6.45, 7) is 6.73. The van der Waals surface area contributed by atoms with Gasteiger partial charge in [0.05, 0.1) is 23.5 Å². The Morgan fingerprint density at radius 1 is 1.03 bits per heavy atom. The topological polar surface area (TPSA) is 86.2 Å². The van der Waals surface area contributed by atoms with Crippen LogP contribution < -0.4 is 10.1 Å². The van der Waals surface area contributed by atoms with Gasteiger partial charge >= 0.3 is 6.03 Å². The number of ether oxygens (including phenoxy) is 1. The number of hydrogen-bond acceptors (Lipinski definition) is 7. The molecule has 2 amide bonds. The first-order chi connectivity index (χ1) is 19.1. The van der Waals surface area contributed by atoms with E-state index in [0.29, 0.717) is 24.9 Å². The minimum absolute atomic E-state index is 0.0373. The molecule has 6 rings (SSSR count). The van der Waals surface area contributed by atoms with Gasteiger partial charge in [-0.3, -0.25) is 9.89 Å². The van der Waals surface area contributed by atoms with Crippen LogP contribution in [0, 0.1) is 5.92 Å². The maximum atomic E-state index is 12.9. The van der Waals surface area contributed by atoms with Gasteiger partial charge < -0.3 is 19.9 Å². The zero-order valence-corrected chi connectivity index (χ0v) is 23.1. The minimum atomic E-state index is -0.0373. The lowest BCUT2D eigenvalue weighted by Gasteiger charge is -2.32. The number of nitrogens with one attached hydrogen (secondary N) is 1. The number of hydrogen-bond donors (Lipinski definition) is 1. The van der Waals surface area contributed by atoms with Gasteiger partial charge in [-0.15, -0.1) is 0 Å². The molecule has 3 fully saturated rings. The van der Waals surface area contributed by atoms with E-state index in [9.17, 15) is 4.79 Å². The van der Waals surface area contributed by atoms with Crippen LogP contribution in [0.2, 0.25) is 0 Å². The Labute approximate surface area is 231 Å². The molecule has 0 saturated carbocycles. The van der Waals surface area contributed by atoms with E-state index in [2.05, 4.69) is 50.3 Å². The Morgan fingerprint density at radius 3 is 2.56 bits per heavy atom. The minimum Gasteiger partial charge on any atom is -0.493 e. The largest absolute Gasteiger partial charge is 0.493 e. The first-order valence-electron chi connectivity index (χ1n) is 14.7. The van der Waals surface area contributed by atoms with Gasteiger partial charge in [-0.25, -0.2) is 14.8 Å². The highest BCUT2D eigenvalue weighted by molar-refractivity contribution is 5.88. The fourth-order valence-electron chi connectivity index (χ4n) is 6.35. The van der Waals surface area contributed by atoms with Crippen molar-refractivity contribution in [1.29, 1.82) is 0 Å². The van der Waals surface area contributed by atoms with Crippen molar-refractivity contribution >= 4 is 23.1 Å². The zero-order chi connectivity index (χ0) is 26.6. The molecular weight excluding hydrogens is 490 g/mol. The summed E-state index contributed by atoms with van der Waals surface area (Å²) in [5.41, 5.74) is 2.82. The molecule has 3 saturated heterocycles. The molecule has 9 heteroatoms. The summed E-state index contributed by atoms with van der Waals surface area (Å²) in [5.74, 6) is 1.81. The van der Waals surface area contributed by atoms with Crippen molar-refractivity contribution in [2.24, 2.45) is 10.9 Å². The van der Waals surface area contributed by atoms with Crippen molar-refractivity contribution in [2.45, 2.75) is 57.0 Å². The van der Waals surface area contributed by atoms with Crippen LogP contribution in [0.4, 0.5) is 4.79 Å². The molecule has 0 aliphatic carbocycles. The Balaban J connectivity index is 1.01. The van der Waals surface area contributed by atoms with E-state index in [1.807, 2.05) is 17.2 Å². The van der Waals surface area contributed by atoms with E-state index in [4.69, 9.17) is 9.73 Å². The molecule has 9 nitrogen and oxygen atoms in total. The van der Waals surface area contributed by atoms with E-state index in [0.717, 1.165) is 80.1 Å². The number of nitrogens with zero attached hydrogens (tertiary/aromatic N) is 6. The second-order valence-corrected chi connectivity index (χ2v) is 11.6. The van der Waals surface area contributed by atoms with Crippen LogP contribution >= 0.6 is 0 Å². The number of aliphatic imine (C=N–C) groups is 1. The average molecular weight is 532 g/mol. The number of benzene rings is 1. The van der Waals surface area contributed by atoms with Crippen LogP contribution in [0.5, 0.6) is 5.75 Å². The Morgan fingerprint density at radius 2 is 1.82 bits per heavy atom. The van der Waals surface area contributed by atoms with Crippen LogP contribution in [0.25, 0.3) is 10.9 Å². The molecule has 2 aromatic rings. The average Bonchev–Trinajstić information content (AvgIpc) is 3.52. The standard InChI is InChI=1S/C30H41N7O2/c1-35-14-8-22(9-15-35)20-39-25-5-6-26-27(18-25)32-21-33-29(26)23-10-16-37(17-11-23)30(38)34-24-4-7-28(31-19-24)36-12-2-3-13-36/h4-6,18-19,21-23,28H,2-3,7-17,20H2,1H3,(H,34,38). The van der Waals surface area contributed by atoms with Gasteiger partial charge in [-0.05, 0) is 76.7 Å². The number of dihydropyridines is 1. The molecule has 4 aliphatic rings. The normalized spacial score (nSPS) is 23.8. The number of carbonyl (C=O) groups excluding carboxylic acids is 1. The molecule has 1 aromatic heterocycles.